The summed E-state index contributed by atoms with van der Waals surface area (Å²) in [6.07, 6.45) is 0.210. The highest BCUT2D eigenvalue weighted by Gasteiger charge is 2.17. The Balaban J connectivity index is 1.58. The summed E-state index contributed by atoms with van der Waals surface area (Å²) in [5.74, 6) is -1.68. The van der Waals surface area contributed by atoms with Crippen molar-refractivity contribution in [1.29, 1.82) is 0 Å². The second-order valence-corrected chi connectivity index (χ2v) is 7.76. The molecule has 8 nitrogen and oxygen atoms in total. The highest BCUT2D eigenvalue weighted by molar-refractivity contribution is 7.14. The van der Waals surface area contributed by atoms with Gasteiger partial charge in [-0.15, -0.1) is 22.7 Å². The van der Waals surface area contributed by atoms with Gasteiger partial charge in [0.25, 0.3) is 0 Å². The number of anilines is 2. The first-order valence-corrected chi connectivity index (χ1v) is 10.2. The smallest absolute Gasteiger partial charge is 0.341 e. The summed E-state index contributed by atoms with van der Waals surface area (Å²) in [6.45, 7) is 0. The molecule has 3 N–H and O–H groups in total. The van der Waals surface area contributed by atoms with Gasteiger partial charge in [-0.05, 0) is 23.6 Å². The molecule has 0 radical (unpaired) electrons. The molecule has 0 aliphatic heterocycles. The highest BCUT2D eigenvalue weighted by Crippen LogP contribution is 2.28. The molecule has 0 atom stereocenters. The number of rotatable bonds is 7. The summed E-state index contributed by atoms with van der Waals surface area (Å²) >= 11 is 2.72. The number of esters is 1. The second kappa shape index (κ2) is 9.30. The lowest BCUT2D eigenvalue weighted by molar-refractivity contribution is -0.116. The van der Waals surface area contributed by atoms with Gasteiger partial charge in [-0.2, -0.15) is 0 Å². The fourth-order valence-corrected chi connectivity index (χ4v) is 3.89. The largest absolute Gasteiger partial charge is 0.505 e. The number of thiazole rings is 1. The lowest BCUT2D eigenvalue weighted by Crippen LogP contribution is -2.16. The number of benzene rings is 1. The number of carbonyl (C=O) groups is 3. The number of carbonyl (C=O) groups excluding carboxylic acids is 3. The van der Waals surface area contributed by atoms with Crippen LogP contribution in [0.5, 0.6) is 5.75 Å². The Hall–Kier alpha value is -3.24. The van der Waals surface area contributed by atoms with Crippen molar-refractivity contribution in [2.75, 3.05) is 17.7 Å². The molecule has 2 amide bonds. The minimum Gasteiger partial charge on any atom is -0.505 e. The van der Waals surface area contributed by atoms with E-state index in [1.54, 1.807) is 5.38 Å². The zero-order chi connectivity index (χ0) is 20.8. The Morgan fingerprint density at radius 3 is 2.59 bits per heavy atom. The first kappa shape index (κ1) is 20.5. The third kappa shape index (κ3) is 5.39. The zero-order valence-electron chi connectivity index (χ0n) is 15.3. The molecular weight excluding hydrogens is 414 g/mol. The number of methoxy groups -OCH3 is 1. The van der Waals surface area contributed by atoms with E-state index < -0.39 is 11.9 Å². The average Bonchev–Trinajstić information content (AvgIpc) is 3.35. The summed E-state index contributed by atoms with van der Waals surface area (Å²) in [5, 5.41) is 19.4. The van der Waals surface area contributed by atoms with Gasteiger partial charge >= 0.3 is 5.97 Å². The normalized spacial score (nSPS) is 10.4. The molecule has 0 spiro atoms. The van der Waals surface area contributed by atoms with E-state index in [1.165, 1.54) is 48.0 Å². The highest BCUT2D eigenvalue weighted by atomic mass is 32.1. The summed E-state index contributed by atoms with van der Waals surface area (Å²) in [5.41, 5.74) is 0.523. The van der Waals surface area contributed by atoms with E-state index in [9.17, 15) is 19.5 Å². The van der Waals surface area contributed by atoms with Crippen LogP contribution in [0.15, 0.2) is 41.1 Å². The molecule has 0 bridgehead atoms. The molecule has 2 aromatic heterocycles. The third-order valence-corrected chi connectivity index (χ3v) is 5.45. The van der Waals surface area contributed by atoms with Crippen LogP contribution in [0.1, 0.15) is 20.9 Å². The van der Waals surface area contributed by atoms with E-state index in [-0.39, 0.29) is 35.7 Å². The second-order valence-electron chi connectivity index (χ2n) is 5.87. The number of ether oxygens (including phenoxy) is 1. The van der Waals surface area contributed by atoms with Crippen LogP contribution in [-0.2, 0) is 27.2 Å². The van der Waals surface area contributed by atoms with Gasteiger partial charge in [-0.1, -0.05) is 12.1 Å². The molecule has 150 valence electrons. The Labute approximate surface area is 174 Å². The van der Waals surface area contributed by atoms with Crippen molar-refractivity contribution in [1.82, 2.24) is 4.98 Å². The van der Waals surface area contributed by atoms with Gasteiger partial charge < -0.3 is 20.5 Å². The maximum absolute atomic E-state index is 12.3. The van der Waals surface area contributed by atoms with Crippen molar-refractivity contribution in [2.45, 2.75) is 12.8 Å². The standard InChI is InChI=1S/C19H17N3O5S2/c1-27-18(26)13-5-2-6-14(17(13)25)21-15(23)8-11-10-29-19(20-11)22-16(24)9-12-4-3-7-28-12/h2-7,10,25H,8-9H2,1H3,(H,21,23)(H,20,22,24). The molecule has 29 heavy (non-hydrogen) atoms. The van der Waals surface area contributed by atoms with E-state index in [0.29, 0.717) is 10.8 Å². The first-order valence-electron chi connectivity index (χ1n) is 8.43. The van der Waals surface area contributed by atoms with E-state index in [1.807, 2.05) is 17.5 Å². The van der Waals surface area contributed by atoms with Gasteiger partial charge in [-0.25, -0.2) is 9.78 Å². The summed E-state index contributed by atoms with van der Waals surface area (Å²) in [7, 11) is 1.20. The summed E-state index contributed by atoms with van der Waals surface area (Å²) in [6, 6.07) is 8.14. The molecule has 3 rings (SSSR count). The number of aromatic nitrogens is 1. The maximum atomic E-state index is 12.3. The lowest BCUT2D eigenvalue weighted by atomic mass is 10.1. The first-order chi connectivity index (χ1) is 14.0. The van der Waals surface area contributed by atoms with Crippen molar-refractivity contribution in [3.63, 3.8) is 0 Å². The average molecular weight is 431 g/mol. The van der Waals surface area contributed by atoms with Crippen LogP contribution in [0.3, 0.4) is 0 Å². The van der Waals surface area contributed by atoms with Gasteiger partial charge in [0.05, 0.1) is 31.3 Å². The number of phenols is 1. The van der Waals surface area contributed by atoms with E-state index in [2.05, 4.69) is 20.4 Å². The van der Waals surface area contributed by atoms with Crippen molar-refractivity contribution >= 4 is 51.3 Å². The van der Waals surface area contributed by atoms with Crippen molar-refractivity contribution in [3.05, 3.63) is 57.2 Å². The Morgan fingerprint density at radius 1 is 1.07 bits per heavy atom. The maximum Gasteiger partial charge on any atom is 0.341 e. The molecule has 0 unspecified atom stereocenters. The minimum atomic E-state index is -0.707. The molecule has 0 aliphatic rings. The number of hydrogen-bond donors (Lipinski definition) is 3. The fraction of sp³-hybridized carbons (Fsp3) is 0.158. The third-order valence-electron chi connectivity index (χ3n) is 3.77. The monoisotopic (exact) mass is 431 g/mol. The molecule has 10 heteroatoms. The molecule has 3 aromatic rings. The van der Waals surface area contributed by atoms with Crippen molar-refractivity contribution in [3.8, 4) is 5.75 Å². The van der Waals surface area contributed by atoms with Crippen LogP contribution < -0.4 is 10.6 Å². The van der Waals surface area contributed by atoms with Crippen LogP contribution in [0.4, 0.5) is 10.8 Å². The molecule has 0 saturated heterocycles. The van der Waals surface area contributed by atoms with Gasteiger partial charge in [0, 0.05) is 10.3 Å². The van der Waals surface area contributed by atoms with Gasteiger partial charge in [0.15, 0.2) is 10.9 Å². The fourth-order valence-electron chi connectivity index (χ4n) is 2.46. The molecule has 1 aromatic carbocycles. The predicted octanol–water partition coefficient (Wildman–Crippen LogP) is 3.06. The van der Waals surface area contributed by atoms with Crippen LogP contribution in [0.25, 0.3) is 0 Å². The van der Waals surface area contributed by atoms with Crippen molar-refractivity contribution < 1.29 is 24.2 Å². The van der Waals surface area contributed by atoms with Gasteiger partial charge in [-0.3, -0.25) is 9.59 Å². The van der Waals surface area contributed by atoms with E-state index in [4.69, 9.17) is 0 Å². The van der Waals surface area contributed by atoms with Crippen LogP contribution in [0, 0.1) is 0 Å². The van der Waals surface area contributed by atoms with Crippen LogP contribution in [0.2, 0.25) is 0 Å². The number of phenolic OH excluding ortho intramolecular Hbond substituents is 1. The summed E-state index contributed by atoms with van der Waals surface area (Å²) < 4.78 is 4.59. The molecule has 0 fully saturated rings. The van der Waals surface area contributed by atoms with E-state index >= 15 is 0 Å². The number of aromatic hydroxyl groups is 1. The summed E-state index contributed by atoms with van der Waals surface area (Å²) in [4.78, 5) is 41.1. The van der Waals surface area contributed by atoms with Crippen LogP contribution >= 0.6 is 22.7 Å². The van der Waals surface area contributed by atoms with E-state index in [0.717, 1.165) is 4.88 Å². The number of nitrogens with zero attached hydrogens (tertiary/aromatic N) is 1. The van der Waals surface area contributed by atoms with Crippen LogP contribution in [-0.4, -0.2) is 35.0 Å². The van der Waals surface area contributed by atoms with Gasteiger partial charge in [0.2, 0.25) is 11.8 Å². The zero-order valence-corrected chi connectivity index (χ0v) is 16.9. The van der Waals surface area contributed by atoms with Gasteiger partial charge in [0.1, 0.15) is 5.56 Å². The number of thiophene rings is 1. The molecular formula is C19H17N3O5S2. The number of nitrogens with one attached hydrogen (secondary N) is 2. The number of para-hydroxylation sites is 1. The lowest BCUT2D eigenvalue weighted by Gasteiger charge is -2.09. The minimum absolute atomic E-state index is 0.0466. The SMILES string of the molecule is COC(=O)c1cccc(NC(=O)Cc2csc(NC(=O)Cc3cccs3)n2)c1O. The van der Waals surface area contributed by atoms with Crippen molar-refractivity contribution in [2.24, 2.45) is 0 Å². The predicted molar refractivity (Wildman–Crippen MR) is 111 cm³/mol. The number of amides is 2. The quantitative estimate of drug-likeness (QED) is 0.391. The molecule has 0 aliphatic carbocycles. The topological polar surface area (TPSA) is 118 Å². The Bertz CT molecular complexity index is 1030. The molecule has 0 saturated carbocycles. The Kier molecular flexibility index (Phi) is 6.57. The molecule has 2 heterocycles. The number of hydrogen-bond acceptors (Lipinski definition) is 8. The Morgan fingerprint density at radius 2 is 1.86 bits per heavy atom.